The number of hydrogen-bond acceptors (Lipinski definition) is 4. The molecule has 2 rings (SSSR count). The molecule has 1 N–H and O–H groups in total. The molecule has 0 bridgehead atoms. The number of benzene rings is 1. The first-order valence-electron chi connectivity index (χ1n) is 7.94. The summed E-state index contributed by atoms with van der Waals surface area (Å²) in [7, 11) is 5.58. The predicted molar refractivity (Wildman–Crippen MR) is 96.6 cm³/mol. The Bertz CT molecular complexity index is 709. The first-order valence-corrected chi connectivity index (χ1v) is 7.94. The van der Waals surface area contributed by atoms with E-state index in [4.69, 9.17) is 4.74 Å². The molecule has 0 saturated carbocycles. The van der Waals surface area contributed by atoms with Crippen molar-refractivity contribution in [2.75, 3.05) is 26.1 Å². The number of aryl methyl sites for hydroxylation is 2. The van der Waals surface area contributed by atoms with E-state index in [0.29, 0.717) is 18.8 Å². The maximum absolute atomic E-state index is 12.2. The standard InChI is InChI=1S/C19H25N3O2/c1-13-10-14(2)21-19(24-5)17(13)12-20-18(23)11-15-6-8-16(9-7-15)22(3)4/h6-10H,11-12H2,1-5H3,(H,20,23). The van der Waals surface area contributed by atoms with Crippen molar-refractivity contribution in [2.45, 2.75) is 26.8 Å². The molecule has 1 heterocycles. The molecule has 0 aliphatic rings. The van der Waals surface area contributed by atoms with Crippen LogP contribution in [0.3, 0.4) is 0 Å². The molecular weight excluding hydrogens is 302 g/mol. The van der Waals surface area contributed by atoms with Gasteiger partial charge in [-0.15, -0.1) is 0 Å². The average molecular weight is 327 g/mol. The van der Waals surface area contributed by atoms with E-state index in [0.717, 1.165) is 28.1 Å². The van der Waals surface area contributed by atoms with Crippen LogP contribution >= 0.6 is 0 Å². The minimum atomic E-state index is -0.0189. The molecule has 2 aromatic rings. The highest BCUT2D eigenvalue weighted by molar-refractivity contribution is 5.78. The second-order valence-electron chi connectivity index (χ2n) is 6.08. The van der Waals surface area contributed by atoms with E-state index in [1.165, 1.54) is 0 Å². The number of ether oxygens (including phenoxy) is 1. The van der Waals surface area contributed by atoms with Crippen LogP contribution in [-0.4, -0.2) is 32.1 Å². The number of nitrogens with one attached hydrogen (secondary N) is 1. The second kappa shape index (κ2) is 7.81. The lowest BCUT2D eigenvalue weighted by molar-refractivity contribution is -0.120. The molecule has 1 amide bonds. The molecule has 0 spiro atoms. The minimum absolute atomic E-state index is 0.0189. The van der Waals surface area contributed by atoms with Crippen molar-refractivity contribution in [3.63, 3.8) is 0 Å². The Labute approximate surface area is 143 Å². The van der Waals surface area contributed by atoms with Gasteiger partial charge in [0.25, 0.3) is 0 Å². The van der Waals surface area contributed by atoms with Gasteiger partial charge in [0, 0.05) is 37.6 Å². The summed E-state index contributed by atoms with van der Waals surface area (Å²) in [6.07, 6.45) is 0.356. The molecule has 1 aromatic carbocycles. The third-order valence-corrected chi connectivity index (χ3v) is 3.91. The van der Waals surface area contributed by atoms with E-state index in [9.17, 15) is 4.79 Å². The number of nitrogens with zero attached hydrogens (tertiary/aromatic N) is 2. The van der Waals surface area contributed by atoms with Crippen LogP contribution in [0.4, 0.5) is 5.69 Å². The van der Waals surface area contributed by atoms with Crippen LogP contribution < -0.4 is 15.0 Å². The van der Waals surface area contributed by atoms with Gasteiger partial charge in [0.15, 0.2) is 0 Å². The van der Waals surface area contributed by atoms with E-state index in [2.05, 4.69) is 10.3 Å². The van der Waals surface area contributed by atoms with Crippen molar-refractivity contribution in [2.24, 2.45) is 0 Å². The lowest BCUT2D eigenvalue weighted by Crippen LogP contribution is -2.25. The van der Waals surface area contributed by atoms with Gasteiger partial charge >= 0.3 is 0 Å². The molecule has 5 heteroatoms. The van der Waals surface area contributed by atoms with E-state index in [1.54, 1.807) is 7.11 Å². The number of amides is 1. The number of carbonyl (C=O) groups is 1. The quantitative estimate of drug-likeness (QED) is 0.886. The summed E-state index contributed by atoms with van der Waals surface area (Å²) in [5.41, 5.74) is 4.99. The molecule has 0 unspecified atom stereocenters. The Balaban J connectivity index is 1.98. The van der Waals surface area contributed by atoms with Gasteiger partial charge in [-0.2, -0.15) is 0 Å². The van der Waals surface area contributed by atoms with E-state index >= 15 is 0 Å². The minimum Gasteiger partial charge on any atom is -0.481 e. The zero-order valence-electron chi connectivity index (χ0n) is 15.0. The summed E-state index contributed by atoms with van der Waals surface area (Å²) in [6, 6.07) is 9.98. The van der Waals surface area contributed by atoms with Gasteiger partial charge < -0.3 is 15.0 Å². The van der Waals surface area contributed by atoms with Crippen molar-refractivity contribution in [3.8, 4) is 5.88 Å². The fraction of sp³-hybridized carbons (Fsp3) is 0.368. The van der Waals surface area contributed by atoms with Gasteiger partial charge in [0.05, 0.1) is 13.5 Å². The van der Waals surface area contributed by atoms with Gasteiger partial charge in [0.1, 0.15) is 0 Å². The van der Waals surface area contributed by atoms with Gasteiger partial charge in [-0.3, -0.25) is 4.79 Å². The fourth-order valence-corrected chi connectivity index (χ4v) is 2.56. The highest BCUT2D eigenvalue weighted by Crippen LogP contribution is 2.20. The third-order valence-electron chi connectivity index (χ3n) is 3.91. The van der Waals surface area contributed by atoms with Crippen molar-refractivity contribution >= 4 is 11.6 Å². The Morgan fingerprint density at radius 3 is 2.46 bits per heavy atom. The highest BCUT2D eigenvalue weighted by atomic mass is 16.5. The zero-order chi connectivity index (χ0) is 17.7. The largest absolute Gasteiger partial charge is 0.481 e. The van der Waals surface area contributed by atoms with Crippen LogP contribution in [0, 0.1) is 13.8 Å². The molecule has 0 saturated heterocycles. The fourth-order valence-electron chi connectivity index (χ4n) is 2.56. The number of rotatable bonds is 6. The second-order valence-corrected chi connectivity index (χ2v) is 6.08. The number of anilines is 1. The number of carbonyl (C=O) groups excluding carboxylic acids is 1. The first kappa shape index (κ1) is 17.8. The number of methoxy groups -OCH3 is 1. The molecule has 128 valence electrons. The van der Waals surface area contributed by atoms with Crippen molar-refractivity contribution in [1.29, 1.82) is 0 Å². The number of pyridine rings is 1. The van der Waals surface area contributed by atoms with Crippen LogP contribution in [0.15, 0.2) is 30.3 Å². The number of hydrogen-bond donors (Lipinski definition) is 1. The van der Waals surface area contributed by atoms with Crippen LogP contribution in [0.1, 0.15) is 22.4 Å². The average Bonchev–Trinajstić information content (AvgIpc) is 2.53. The summed E-state index contributed by atoms with van der Waals surface area (Å²) in [5.74, 6) is 0.553. The van der Waals surface area contributed by atoms with Crippen LogP contribution in [-0.2, 0) is 17.8 Å². The summed E-state index contributed by atoms with van der Waals surface area (Å²) < 4.78 is 5.33. The lowest BCUT2D eigenvalue weighted by atomic mass is 10.1. The normalized spacial score (nSPS) is 10.4. The summed E-state index contributed by atoms with van der Waals surface area (Å²) in [5, 5.41) is 2.95. The molecule has 0 atom stereocenters. The lowest BCUT2D eigenvalue weighted by Gasteiger charge is -2.14. The van der Waals surface area contributed by atoms with E-state index in [-0.39, 0.29) is 5.91 Å². The Morgan fingerprint density at radius 1 is 1.21 bits per heavy atom. The Kier molecular flexibility index (Phi) is 5.79. The van der Waals surface area contributed by atoms with Crippen molar-refractivity contribution in [1.82, 2.24) is 10.3 Å². The third kappa shape index (κ3) is 4.47. The first-order chi connectivity index (χ1) is 11.4. The SMILES string of the molecule is COc1nc(C)cc(C)c1CNC(=O)Cc1ccc(N(C)C)cc1. The number of aromatic nitrogens is 1. The Hall–Kier alpha value is -2.56. The highest BCUT2D eigenvalue weighted by Gasteiger charge is 2.11. The zero-order valence-corrected chi connectivity index (χ0v) is 15.0. The topological polar surface area (TPSA) is 54.5 Å². The summed E-state index contributed by atoms with van der Waals surface area (Å²) in [6.45, 7) is 4.34. The Morgan fingerprint density at radius 2 is 1.88 bits per heavy atom. The van der Waals surface area contributed by atoms with E-state index in [1.807, 2.05) is 63.2 Å². The summed E-state index contributed by atoms with van der Waals surface area (Å²) >= 11 is 0. The van der Waals surface area contributed by atoms with Gasteiger partial charge in [-0.1, -0.05) is 12.1 Å². The van der Waals surface area contributed by atoms with Crippen LogP contribution in [0.25, 0.3) is 0 Å². The molecular formula is C19H25N3O2. The maximum Gasteiger partial charge on any atom is 0.224 e. The van der Waals surface area contributed by atoms with Gasteiger partial charge in [-0.05, 0) is 43.2 Å². The molecule has 1 aromatic heterocycles. The summed E-state index contributed by atoms with van der Waals surface area (Å²) in [4.78, 5) is 18.6. The molecule has 5 nitrogen and oxygen atoms in total. The molecule has 0 aliphatic carbocycles. The molecule has 0 radical (unpaired) electrons. The van der Waals surface area contributed by atoms with E-state index < -0.39 is 0 Å². The predicted octanol–water partition coefficient (Wildman–Crippen LogP) is 2.63. The van der Waals surface area contributed by atoms with Crippen molar-refractivity contribution in [3.05, 3.63) is 52.7 Å². The van der Waals surface area contributed by atoms with Gasteiger partial charge in [-0.25, -0.2) is 4.98 Å². The van der Waals surface area contributed by atoms with Crippen LogP contribution in [0.5, 0.6) is 5.88 Å². The van der Waals surface area contributed by atoms with Gasteiger partial charge in [0.2, 0.25) is 11.8 Å². The molecule has 24 heavy (non-hydrogen) atoms. The smallest absolute Gasteiger partial charge is 0.224 e. The van der Waals surface area contributed by atoms with Crippen molar-refractivity contribution < 1.29 is 9.53 Å². The molecule has 0 aliphatic heterocycles. The maximum atomic E-state index is 12.2. The monoisotopic (exact) mass is 327 g/mol. The molecule has 0 fully saturated rings. The van der Waals surface area contributed by atoms with Crippen LogP contribution in [0.2, 0.25) is 0 Å².